The van der Waals surface area contributed by atoms with Gasteiger partial charge in [-0.2, -0.15) is 0 Å². The largest absolute Gasteiger partial charge is 0.308 e. The Balaban J connectivity index is 1.14. The van der Waals surface area contributed by atoms with E-state index >= 15 is 0 Å². The molecule has 11 rings (SSSR count). The molecule has 2 heterocycles. The molecule has 55 heavy (non-hydrogen) atoms. The van der Waals surface area contributed by atoms with Crippen LogP contribution in [0, 0.1) is 0 Å². The van der Waals surface area contributed by atoms with Crippen LogP contribution < -0.4 is 4.90 Å². The lowest BCUT2D eigenvalue weighted by Gasteiger charge is -2.28. The highest BCUT2D eigenvalue weighted by Gasteiger charge is 2.23. The number of thiophene rings is 2. The van der Waals surface area contributed by atoms with Crippen LogP contribution in [0.25, 0.3) is 84.5 Å². The SMILES string of the molecule is c1ccc(-c2ccc(N(c3ccc(-c4ccc5sc6ccccc6c5c4)cc3)c3ccc(-c4ccccc4)c4c3sc3ccccc34)c3ccccc23)cc1. The van der Waals surface area contributed by atoms with Crippen molar-refractivity contribution in [3.8, 4) is 33.4 Å². The van der Waals surface area contributed by atoms with E-state index in [1.54, 1.807) is 0 Å². The van der Waals surface area contributed by atoms with Crippen molar-refractivity contribution >= 4 is 90.9 Å². The van der Waals surface area contributed by atoms with Gasteiger partial charge in [-0.1, -0.05) is 152 Å². The summed E-state index contributed by atoms with van der Waals surface area (Å²) in [5, 5.41) is 7.68. The molecule has 258 valence electrons. The molecular weight excluding hydrogens is 703 g/mol. The van der Waals surface area contributed by atoms with Crippen molar-refractivity contribution in [1.82, 2.24) is 0 Å². The van der Waals surface area contributed by atoms with E-state index < -0.39 is 0 Å². The molecule has 9 aromatic carbocycles. The van der Waals surface area contributed by atoms with Crippen LogP contribution in [0.3, 0.4) is 0 Å². The van der Waals surface area contributed by atoms with E-state index in [0.717, 1.165) is 11.4 Å². The van der Waals surface area contributed by atoms with E-state index in [2.05, 4.69) is 205 Å². The first-order chi connectivity index (χ1) is 27.3. The molecule has 0 atom stereocenters. The van der Waals surface area contributed by atoms with Gasteiger partial charge in [-0.05, 0) is 87.3 Å². The summed E-state index contributed by atoms with van der Waals surface area (Å²) in [7, 11) is 0. The standard InChI is InChI=1S/C52H33NS2/c1-3-13-35(14-4-1)39-28-30-46(42-18-8-7-17-41(39)42)53(38-26-23-34(24-27-38)37-25-32-50-45(33-37)43-19-9-11-21-48(43)54-50)47-31-29-40(36-15-5-2-6-16-36)51-44-20-10-12-22-49(44)55-52(47)51/h1-33H. The van der Waals surface area contributed by atoms with Gasteiger partial charge in [-0.15, -0.1) is 22.7 Å². The third-order valence-electron chi connectivity index (χ3n) is 10.9. The van der Waals surface area contributed by atoms with Crippen molar-refractivity contribution in [3.63, 3.8) is 0 Å². The van der Waals surface area contributed by atoms with Crippen molar-refractivity contribution in [2.75, 3.05) is 4.90 Å². The molecule has 0 aliphatic carbocycles. The summed E-state index contributed by atoms with van der Waals surface area (Å²) in [4.78, 5) is 2.49. The molecule has 0 aliphatic heterocycles. The maximum atomic E-state index is 2.49. The van der Waals surface area contributed by atoms with Gasteiger partial charge in [0.1, 0.15) is 0 Å². The van der Waals surface area contributed by atoms with Gasteiger partial charge in [0.05, 0.1) is 16.1 Å². The average molecular weight is 736 g/mol. The van der Waals surface area contributed by atoms with Crippen LogP contribution in [0.2, 0.25) is 0 Å². The number of benzene rings is 9. The predicted octanol–water partition coefficient (Wildman–Crippen LogP) is 16.0. The molecular formula is C52H33NS2. The molecule has 0 fully saturated rings. The summed E-state index contributed by atoms with van der Waals surface area (Å²) < 4.78 is 5.22. The maximum Gasteiger partial charge on any atom is 0.0641 e. The second kappa shape index (κ2) is 13.1. The van der Waals surface area contributed by atoms with E-state index in [1.807, 2.05) is 22.7 Å². The highest BCUT2D eigenvalue weighted by Crippen LogP contribution is 2.50. The molecule has 0 saturated carbocycles. The van der Waals surface area contributed by atoms with Gasteiger partial charge in [0, 0.05) is 46.7 Å². The van der Waals surface area contributed by atoms with E-state index in [0.29, 0.717) is 0 Å². The topological polar surface area (TPSA) is 3.24 Å². The quantitative estimate of drug-likeness (QED) is 0.164. The van der Waals surface area contributed by atoms with Crippen LogP contribution in [-0.4, -0.2) is 0 Å². The third-order valence-corrected chi connectivity index (χ3v) is 13.2. The molecule has 1 nitrogen and oxygen atoms in total. The molecule has 0 aliphatic rings. The van der Waals surface area contributed by atoms with Crippen LogP contribution in [-0.2, 0) is 0 Å². The van der Waals surface area contributed by atoms with Crippen molar-refractivity contribution in [1.29, 1.82) is 0 Å². The van der Waals surface area contributed by atoms with Gasteiger partial charge < -0.3 is 4.90 Å². The Kier molecular flexibility index (Phi) is 7.61. The Morgan fingerprint density at radius 3 is 1.60 bits per heavy atom. The van der Waals surface area contributed by atoms with E-state index in [-0.39, 0.29) is 0 Å². The first-order valence-corrected chi connectivity index (χ1v) is 20.3. The molecule has 0 N–H and O–H groups in total. The summed E-state index contributed by atoms with van der Waals surface area (Å²) in [5.41, 5.74) is 10.8. The zero-order valence-corrected chi connectivity index (χ0v) is 31.4. The second-order valence-electron chi connectivity index (χ2n) is 14.0. The summed E-state index contributed by atoms with van der Waals surface area (Å²) in [6.45, 7) is 0. The number of hydrogen-bond acceptors (Lipinski definition) is 3. The highest BCUT2D eigenvalue weighted by molar-refractivity contribution is 7.26. The molecule has 2 aromatic heterocycles. The van der Waals surface area contributed by atoms with Gasteiger partial charge in [0.2, 0.25) is 0 Å². The molecule has 0 saturated heterocycles. The normalized spacial score (nSPS) is 11.6. The molecule has 0 spiro atoms. The molecule has 0 amide bonds. The first kappa shape index (κ1) is 32.0. The molecule has 0 unspecified atom stereocenters. The number of rotatable bonds is 6. The van der Waals surface area contributed by atoms with Gasteiger partial charge in [-0.25, -0.2) is 0 Å². The minimum Gasteiger partial charge on any atom is -0.308 e. The van der Waals surface area contributed by atoms with Crippen LogP contribution in [0.15, 0.2) is 200 Å². The van der Waals surface area contributed by atoms with Gasteiger partial charge in [0.25, 0.3) is 0 Å². The average Bonchev–Trinajstić information content (AvgIpc) is 3.84. The maximum absolute atomic E-state index is 2.49. The predicted molar refractivity (Wildman–Crippen MR) is 241 cm³/mol. The summed E-state index contributed by atoms with van der Waals surface area (Å²) in [6, 6.07) is 73.4. The van der Waals surface area contributed by atoms with Crippen molar-refractivity contribution in [3.05, 3.63) is 200 Å². The van der Waals surface area contributed by atoms with Crippen LogP contribution in [0.1, 0.15) is 0 Å². The van der Waals surface area contributed by atoms with Crippen LogP contribution >= 0.6 is 22.7 Å². The van der Waals surface area contributed by atoms with E-state index in [1.165, 1.54) is 90.2 Å². The van der Waals surface area contributed by atoms with Gasteiger partial charge in [-0.3, -0.25) is 0 Å². The lowest BCUT2D eigenvalue weighted by Crippen LogP contribution is -2.11. The Bertz CT molecular complexity index is 3190. The zero-order valence-electron chi connectivity index (χ0n) is 29.8. The lowest BCUT2D eigenvalue weighted by molar-refractivity contribution is 1.32. The molecule has 0 radical (unpaired) electrons. The Labute approximate surface area is 327 Å². The fourth-order valence-electron chi connectivity index (χ4n) is 8.31. The Hall–Kier alpha value is -6.52. The molecule has 11 aromatic rings. The number of nitrogens with zero attached hydrogens (tertiary/aromatic N) is 1. The zero-order chi connectivity index (χ0) is 36.3. The minimum absolute atomic E-state index is 1.12. The smallest absolute Gasteiger partial charge is 0.0641 e. The monoisotopic (exact) mass is 735 g/mol. The number of fused-ring (bicyclic) bond motifs is 7. The van der Waals surface area contributed by atoms with E-state index in [9.17, 15) is 0 Å². The fourth-order valence-corrected chi connectivity index (χ4v) is 10.6. The van der Waals surface area contributed by atoms with Crippen molar-refractivity contribution in [2.45, 2.75) is 0 Å². The van der Waals surface area contributed by atoms with Crippen LogP contribution in [0.5, 0.6) is 0 Å². The summed E-state index contributed by atoms with van der Waals surface area (Å²) in [5.74, 6) is 0. The highest BCUT2D eigenvalue weighted by atomic mass is 32.1. The summed E-state index contributed by atoms with van der Waals surface area (Å²) in [6.07, 6.45) is 0. The van der Waals surface area contributed by atoms with Gasteiger partial charge in [0.15, 0.2) is 0 Å². The van der Waals surface area contributed by atoms with Crippen molar-refractivity contribution < 1.29 is 0 Å². The fraction of sp³-hybridized carbons (Fsp3) is 0. The first-order valence-electron chi connectivity index (χ1n) is 18.7. The number of anilines is 3. The summed E-state index contributed by atoms with van der Waals surface area (Å²) >= 11 is 3.75. The van der Waals surface area contributed by atoms with Gasteiger partial charge >= 0.3 is 0 Å². The van der Waals surface area contributed by atoms with E-state index in [4.69, 9.17) is 0 Å². The van der Waals surface area contributed by atoms with Crippen molar-refractivity contribution in [2.24, 2.45) is 0 Å². The molecule has 0 bridgehead atoms. The third kappa shape index (κ3) is 5.35. The van der Waals surface area contributed by atoms with Crippen LogP contribution in [0.4, 0.5) is 17.1 Å². The Morgan fingerprint density at radius 1 is 0.309 bits per heavy atom. The second-order valence-corrected chi connectivity index (χ2v) is 16.2. The Morgan fingerprint density at radius 2 is 0.855 bits per heavy atom. The lowest BCUT2D eigenvalue weighted by atomic mass is 9.95. The minimum atomic E-state index is 1.12. The molecule has 3 heteroatoms. The number of hydrogen-bond donors (Lipinski definition) is 0.